The summed E-state index contributed by atoms with van der Waals surface area (Å²) in [4.78, 5) is 14.5. The van der Waals surface area contributed by atoms with Crippen LogP contribution in [0.5, 0.6) is 0 Å². The smallest absolute Gasteiger partial charge is 0.323 e. The third kappa shape index (κ3) is 3.47. The van der Waals surface area contributed by atoms with E-state index in [-0.39, 0.29) is 12.0 Å². The van der Waals surface area contributed by atoms with Gasteiger partial charge in [-0.05, 0) is 39.2 Å². The maximum absolute atomic E-state index is 12.1. The average molecular weight is 253 g/mol. The van der Waals surface area contributed by atoms with Crippen LogP contribution in [0.3, 0.4) is 0 Å². The molecule has 3 heteroatoms. The Balaban J connectivity index is 1.99. The molecule has 0 N–H and O–H groups in total. The molecule has 1 unspecified atom stereocenters. The van der Waals surface area contributed by atoms with Crippen molar-refractivity contribution < 1.29 is 9.53 Å². The fraction of sp³-hybridized carbons (Fsp3) is 0.933. The van der Waals surface area contributed by atoms with Gasteiger partial charge < -0.3 is 4.74 Å². The summed E-state index contributed by atoms with van der Waals surface area (Å²) in [6, 6.07) is 0.670. The van der Waals surface area contributed by atoms with Gasteiger partial charge in [0, 0.05) is 6.04 Å². The van der Waals surface area contributed by atoms with Gasteiger partial charge in [0.05, 0.1) is 6.61 Å². The van der Waals surface area contributed by atoms with Crippen molar-refractivity contribution in [3.05, 3.63) is 0 Å². The molecule has 1 atom stereocenters. The standard InChI is InChI=1S/C15H27NO2/c1-2-18-15(17)14-11-7-8-12-16(14)13-9-5-3-4-6-10-13/h13-14H,2-12H2,1H3. The monoisotopic (exact) mass is 253 g/mol. The number of rotatable bonds is 3. The molecular weight excluding hydrogens is 226 g/mol. The second-order valence-electron chi connectivity index (χ2n) is 5.65. The number of ether oxygens (including phenoxy) is 1. The highest BCUT2D eigenvalue weighted by atomic mass is 16.5. The van der Waals surface area contributed by atoms with E-state index >= 15 is 0 Å². The van der Waals surface area contributed by atoms with Crippen molar-refractivity contribution in [2.24, 2.45) is 0 Å². The number of hydrogen-bond donors (Lipinski definition) is 0. The lowest BCUT2D eigenvalue weighted by atomic mass is 9.96. The molecule has 3 nitrogen and oxygen atoms in total. The predicted octanol–water partition coefficient (Wildman–Crippen LogP) is 3.13. The molecule has 0 aromatic heterocycles. The van der Waals surface area contributed by atoms with E-state index in [1.54, 1.807) is 0 Å². The Morgan fingerprint density at radius 3 is 2.39 bits per heavy atom. The number of nitrogens with zero attached hydrogens (tertiary/aromatic N) is 1. The maximum Gasteiger partial charge on any atom is 0.323 e. The summed E-state index contributed by atoms with van der Waals surface area (Å²) in [5.74, 6) is 0.0152. The van der Waals surface area contributed by atoms with Gasteiger partial charge in [0.15, 0.2) is 0 Å². The Morgan fingerprint density at radius 1 is 1.06 bits per heavy atom. The summed E-state index contributed by atoms with van der Waals surface area (Å²) >= 11 is 0. The first-order chi connectivity index (χ1) is 8.83. The first-order valence-corrected chi connectivity index (χ1v) is 7.75. The van der Waals surface area contributed by atoms with E-state index in [0.29, 0.717) is 12.6 Å². The van der Waals surface area contributed by atoms with Crippen LogP contribution in [0.2, 0.25) is 0 Å². The quantitative estimate of drug-likeness (QED) is 0.571. The van der Waals surface area contributed by atoms with Crippen molar-refractivity contribution in [3.8, 4) is 0 Å². The third-order valence-corrected chi connectivity index (χ3v) is 4.40. The number of likely N-dealkylation sites (tertiary alicyclic amines) is 1. The van der Waals surface area contributed by atoms with Crippen molar-refractivity contribution in [2.75, 3.05) is 13.2 Å². The second kappa shape index (κ2) is 7.13. The van der Waals surface area contributed by atoms with Crippen LogP contribution in [-0.2, 0) is 9.53 Å². The van der Waals surface area contributed by atoms with Crippen LogP contribution in [0, 0.1) is 0 Å². The van der Waals surface area contributed by atoms with E-state index in [1.807, 2.05) is 6.92 Å². The molecule has 1 heterocycles. The molecule has 0 bridgehead atoms. The lowest BCUT2D eigenvalue weighted by molar-refractivity contribution is -0.152. The van der Waals surface area contributed by atoms with Gasteiger partial charge in [0.2, 0.25) is 0 Å². The first kappa shape index (κ1) is 13.9. The Morgan fingerprint density at radius 2 is 1.72 bits per heavy atom. The lowest BCUT2D eigenvalue weighted by Gasteiger charge is -2.39. The third-order valence-electron chi connectivity index (χ3n) is 4.40. The van der Waals surface area contributed by atoms with E-state index < -0.39 is 0 Å². The zero-order chi connectivity index (χ0) is 12.8. The fourth-order valence-electron chi connectivity index (χ4n) is 3.47. The van der Waals surface area contributed by atoms with Crippen LogP contribution in [0.4, 0.5) is 0 Å². The minimum atomic E-state index is 0.0152. The molecule has 0 amide bonds. The number of hydrogen-bond acceptors (Lipinski definition) is 3. The molecule has 2 rings (SSSR count). The molecule has 2 fully saturated rings. The van der Waals surface area contributed by atoms with E-state index in [4.69, 9.17) is 4.74 Å². The van der Waals surface area contributed by atoms with Gasteiger partial charge in [-0.2, -0.15) is 0 Å². The molecule has 104 valence electrons. The highest BCUT2D eigenvalue weighted by Gasteiger charge is 2.34. The Hall–Kier alpha value is -0.570. The molecule has 2 aliphatic rings. The average Bonchev–Trinajstić information content (AvgIpc) is 2.68. The van der Waals surface area contributed by atoms with Gasteiger partial charge in [0.25, 0.3) is 0 Å². The SMILES string of the molecule is CCOC(=O)C1CCCCN1C1CCCCCC1. The van der Waals surface area contributed by atoms with Gasteiger partial charge in [-0.25, -0.2) is 0 Å². The summed E-state index contributed by atoms with van der Waals surface area (Å²) in [5.41, 5.74) is 0. The van der Waals surface area contributed by atoms with Crippen molar-refractivity contribution in [1.29, 1.82) is 0 Å². The zero-order valence-corrected chi connectivity index (χ0v) is 11.7. The van der Waals surface area contributed by atoms with E-state index in [1.165, 1.54) is 51.4 Å². The predicted molar refractivity (Wildman–Crippen MR) is 72.5 cm³/mol. The van der Waals surface area contributed by atoms with Crippen LogP contribution < -0.4 is 0 Å². The molecule has 1 aliphatic heterocycles. The molecule has 18 heavy (non-hydrogen) atoms. The minimum Gasteiger partial charge on any atom is -0.465 e. The molecule has 0 aromatic rings. The molecule has 1 saturated carbocycles. The van der Waals surface area contributed by atoms with Crippen LogP contribution in [0.25, 0.3) is 0 Å². The number of carbonyl (C=O) groups excluding carboxylic acids is 1. The van der Waals surface area contributed by atoms with Crippen molar-refractivity contribution in [1.82, 2.24) is 4.90 Å². The normalized spacial score (nSPS) is 27.7. The Labute approximate surface area is 111 Å². The summed E-state index contributed by atoms with van der Waals surface area (Å²) in [5, 5.41) is 0. The van der Waals surface area contributed by atoms with E-state index in [2.05, 4.69) is 4.90 Å². The van der Waals surface area contributed by atoms with Crippen LogP contribution in [0.15, 0.2) is 0 Å². The zero-order valence-electron chi connectivity index (χ0n) is 11.7. The van der Waals surface area contributed by atoms with Gasteiger partial charge >= 0.3 is 5.97 Å². The van der Waals surface area contributed by atoms with Crippen molar-refractivity contribution in [2.45, 2.75) is 76.8 Å². The first-order valence-electron chi connectivity index (χ1n) is 7.75. The molecule has 0 aromatic carbocycles. The molecule has 1 aliphatic carbocycles. The molecular formula is C15H27NO2. The summed E-state index contributed by atoms with van der Waals surface area (Å²) in [6.45, 7) is 3.50. The van der Waals surface area contributed by atoms with Gasteiger partial charge in [-0.1, -0.05) is 32.1 Å². The lowest BCUT2D eigenvalue weighted by Crippen LogP contribution is -2.50. The topological polar surface area (TPSA) is 29.5 Å². The molecule has 1 saturated heterocycles. The van der Waals surface area contributed by atoms with Crippen LogP contribution >= 0.6 is 0 Å². The number of esters is 1. The van der Waals surface area contributed by atoms with Gasteiger partial charge in [0.1, 0.15) is 6.04 Å². The highest BCUT2D eigenvalue weighted by molar-refractivity contribution is 5.75. The Kier molecular flexibility index (Phi) is 5.48. The van der Waals surface area contributed by atoms with Crippen LogP contribution in [0.1, 0.15) is 64.7 Å². The van der Waals surface area contributed by atoms with E-state index in [9.17, 15) is 4.79 Å². The second-order valence-corrected chi connectivity index (χ2v) is 5.65. The largest absolute Gasteiger partial charge is 0.465 e. The number of piperidine rings is 1. The van der Waals surface area contributed by atoms with Gasteiger partial charge in [-0.3, -0.25) is 9.69 Å². The van der Waals surface area contributed by atoms with Crippen LogP contribution in [-0.4, -0.2) is 36.1 Å². The number of carbonyl (C=O) groups is 1. The Bertz CT molecular complexity index is 259. The van der Waals surface area contributed by atoms with Gasteiger partial charge in [-0.15, -0.1) is 0 Å². The maximum atomic E-state index is 12.1. The fourth-order valence-corrected chi connectivity index (χ4v) is 3.47. The highest BCUT2D eigenvalue weighted by Crippen LogP contribution is 2.28. The van der Waals surface area contributed by atoms with Crippen molar-refractivity contribution in [3.63, 3.8) is 0 Å². The minimum absolute atomic E-state index is 0.0152. The molecule has 0 spiro atoms. The summed E-state index contributed by atoms with van der Waals surface area (Å²) in [6.07, 6.45) is 11.4. The van der Waals surface area contributed by atoms with E-state index in [0.717, 1.165) is 13.0 Å². The summed E-state index contributed by atoms with van der Waals surface area (Å²) < 4.78 is 5.25. The van der Waals surface area contributed by atoms with Crippen molar-refractivity contribution >= 4 is 5.97 Å². The summed E-state index contributed by atoms with van der Waals surface area (Å²) in [7, 11) is 0. The molecule has 0 radical (unpaired) electrons.